The number of aliphatic carboxylic acids is 1. The van der Waals surface area contributed by atoms with Crippen LogP contribution in [0.15, 0.2) is 48.5 Å². The van der Waals surface area contributed by atoms with Crippen molar-refractivity contribution >= 4 is 18.0 Å². The van der Waals surface area contributed by atoms with Gasteiger partial charge in [-0.2, -0.15) is 0 Å². The number of amides is 2. The molecule has 34 heavy (non-hydrogen) atoms. The van der Waals surface area contributed by atoms with Crippen LogP contribution in [0.25, 0.3) is 11.1 Å². The van der Waals surface area contributed by atoms with Gasteiger partial charge in [0.2, 0.25) is 5.91 Å². The highest BCUT2D eigenvalue weighted by Gasteiger charge is 2.34. The molecule has 7 heteroatoms. The molecule has 2 unspecified atom stereocenters. The number of hydrogen-bond acceptors (Lipinski definition) is 4. The van der Waals surface area contributed by atoms with Crippen LogP contribution in [-0.4, -0.2) is 41.8 Å². The summed E-state index contributed by atoms with van der Waals surface area (Å²) in [6.07, 6.45) is 1.31. The Labute approximate surface area is 200 Å². The molecule has 2 aromatic carbocycles. The first-order valence-electron chi connectivity index (χ1n) is 11.9. The number of carboxylic acids is 1. The van der Waals surface area contributed by atoms with Crippen LogP contribution in [0.1, 0.15) is 63.5 Å². The van der Waals surface area contributed by atoms with Gasteiger partial charge in [0, 0.05) is 18.9 Å². The molecule has 0 saturated heterocycles. The van der Waals surface area contributed by atoms with E-state index in [2.05, 4.69) is 34.9 Å². The van der Waals surface area contributed by atoms with Crippen molar-refractivity contribution < 1.29 is 24.2 Å². The van der Waals surface area contributed by atoms with E-state index < -0.39 is 17.6 Å². The number of carboxylic acid groups (broad SMARTS) is 1. The number of fused-ring (bicyclic) bond motifs is 3. The zero-order chi connectivity index (χ0) is 24.7. The Hall–Kier alpha value is -3.35. The molecule has 0 fully saturated rings. The van der Waals surface area contributed by atoms with Crippen LogP contribution in [0.5, 0.6) is 0 Å². The molecule has 0 aromatic heterocycles. The van der Waals surface area contributed by atoms with Crippen LogP contribution >= 0.6 is 0 Å². The number of carbonyl (C=O) groups excluding carboxylic acids is 2. The summed E-state index contributed by atoms with van der Waals surface area (Å²) in [7, 11) is 0. The highest BCUT2D eigenvalue weighted by molar-refractivity contribution is 5.86. The highest BCUT2D eigenvalue weighted by atomic mass is 16.5. The fourth-order valence-corrected chi connectivity index (χ4v) is 4.57. The molecular weight excluding hydrogens is 432 g/mol. The zero-order valence-corrected chi connectivity index (χ0v) is 20.1. The lowest BCUT2D eigenvalue weighted by Crippen LogP contribution is -2.52. The maximum absolute atomic E-state index is 12.3. The standard InChI is InChI=1S/C27H34N2O5/c1-4-14-27(3,25(31)32)29-24(30)16-18(2)13-15-28-26(33)34-17-23-21-11-7-5-9-19(21)20-10-6-8-12-22(20)23/h5-12,18,23H,4,13-17H2,1-3H3,(H,28,33)(H,29,30)(H,31,32). The molecular formula is C27H34N2O5. The van der Waals surface area contributed by atoms with Crippen molar-refractivity contribution in [1.82, 2.24) is 10.6 Å². The van der Waals surface area contributed by atoms with Crippen molar-refractivity contribution in [3.63, 3.8) is 0 Å². The maximum Gasteiger partial charge on any atom is 0.407 e. The molecule has 2 amide bonds. The first-order valence-corrected chi connectivity index (χ1v) is 11.9. The average Bonchev–Trinajstić information content (AvgIpc) is 3.11. The molecule has 182 valence electrons. The number of hydrogen-bond donors (Lipinski definition) is 3. The van der Waals surface area contributed by atoms with Gasteiger partial charge in [0.25, 0.3) is 0 Å². The first kappa shape index (κ1) is 25.3. The van der Waals surface area contributed by atoms with Crippen LogP contribution in [0.4, 0.5) is 4.79 Å². The summed E-state index contributed by atoms with van der Waals surface area (Å²) in [4.78, 5) is 36.1. The molecule has 0 aliphatic heterocycles. The first-order chi connectivity index (χ1) is 16.2. The van der Waals surface area contributed by atoms with Crippen molar-refractivity contribution in [3.8, 4) is 11.1 Å². The van der Waals surface area contributed by atoms with Gasteiger partial charge in [-0.3, -0.25) is 4.79 Å². The van der Waals surface area contributed by atoms with Crippen LogP contribution in [0, 0.1) is 5.92 Å². The maximum atomic E-state index is 12.3. The minimum atomic E-state index is -1.26. The predicted molar refractivity (Wildman–Crippen MR) is 131 cm³/mol. The lowest BCUT2D eigenvalue weighted by atomic mass is 9.95. The summed E-state index contributed by atoms with van der Waals surface area (Å²) < 4.78 is 5.53. The Kier molecular flexibility index (Phi) is 8.31. The second-order valence-corrected chi connectivity index (χ2v) is 9.29. The molecule has 7 nitrogen and oxygen atoms in total. The van der Waals surface area contributed by atoms with E-state index in [1.54, 1.807) is 0 Å². The summed E-state index contributed by atoms with van der Waals surface area (Å²) in [5, 5.41) is 14.8. The number of rotatable bonds is 11. The smallest absolute Gasteiger partial charge is 0.407 e. The van der Waals surface area contributed by atoms with Gasteiger partial charge < -0.3 is 20.5 Å². The number of alkyl carbamates (subject to hydrolysis) is 1. The fourth-order valence-electron chi connectivity index (χ4n) is 4.57. The Balaban J connectivity index is 1.43. The molecule has 2 atom stereocenters. The highest BCUT2D eigenvalue weighted by Crippen LogP contribution is 2.44. The largest absolute Gasteiger partial charge is 0.480 e. The van der Waals surface area contributed by atoms with Gasteiger partial charge in [-0.05, 0) is 47.9 Å². The Morgan fingerprint density at radius 3 is 2.21 bits per heavy atom. The summed E-state index contributed by atoms with van der Waals surface area (Å²) in [5.41, 5.74) is 3.42. The number of carbonyl (C=O) groups is 3. The molecule has 1 aliphatic carbocycles. The third-order valence-corrected chi connectivity index (χ3v) is 6.42. The van der Waals surface area contributed by atoms with Crippen LogP contribution in [-0.2, 0) is 14.3 Å². The van der Waals surface area contributed by atoms with Crippen LogP contribution in [0.3, 0.4) is 0 Å². The van der Waals surface area contributed by atoms with E-state index in [0.717, 1.165) is 11.1 Å². The molecule has 0 saturated carbocycles. The van der Waals surface area contributed by atoms with Gasteiger partial charge in [-0.25, -0.2) is 9.59 Å². The lowest BCUT2D eigenvalue weighted by molar-refractivity contribution is -0.147. The normalized spacial score (nSPS) is 14.9. The molecule has 0 radical (unpaired) electrons. The summed E-state index contributed by atoms with van der Waals surface area (Å²) in [6.45, 7) is 5.93. The van der Waals surface area contributed by atoms with E-state index in [-0.39, 0.29) is 30.8 Å². The van der Waals surface area contributed by atoms with Crippen molar-refractivity contribution in [1.29, 1.82) is 0 Å². The minimum Gasteiger partial charge on any atom is -0.480 e. The Morgan fingerprint density at radius 2 is 1.65 bits per heavy atom. The van der Waals surface area contributed by atoms with Crippen LogP contribution < -0.4 is 10.6 Å². The number of nitrogens with one attached hydrogen (secondary N) is 2. The van der Waals surface area contributed by atoms with Gasteiger partial charge >= 0.3 is 12.1 Å². The van der Waals surface area contributed by atoms with E-state index >= 15 is 0 Å². The molecule has 2 aromatic rings. The summed E-state index contributed by atoms with van der Waals surface area (Å²) in [5.74, 6) is -1.35. The van der Waals surface area contributed by atoms with Gasteiger partial charge in [0.1, 0.15) is 12.1 Å². The molecule has 3 rings (SSSR count). The SMILES string of the molecule is CCCC(C)(NC(=O)CC(C)CCNC(=O)OCC1c2ccccc2-c2ccccc21)C(=O)O. The average molecular weight is 467 g/mol. The van der Waals surface area contributed by atoms with E-state index in [1.807, 2.05) is 38.1 Å². The minimum absolute atomic E-state index is 0.00689. The Bertz CT molecular complexity index is 992. The van der Waals surface area contributed by atoms with Gasteiger partial charge in [0.05, 0.1) is 0 Å². The lowest BCUT2D eigenvalue weighted by Gasteiger charge is -2.26. The zero-order valence-electron chi connectivity index (χ0n) is 20.1. The summed E-state index contributed by atoms with van der Waals surface area (Å²) in [6, 6.07) is 16.3. The molecule has 1 aliphatic rings. The molecule has 0 heterocycles. The monoisotopic (exact) mass is 466 g/mol. The molecule has 3 N–H and O–H groups in total. The van der Waals surface area contributed by atoms with E-state index in [9.17, 15) is 19.5 Å². The van der Waals surface area contributed by atoms with E-state index in [1.165, 1.54) is 18.1 Å². The second-order valence-electron chi connectivity index (χ2n) is 9.29. The second kappa shape index (κ2) is 11.2. The molecule has 0 spiro atoms. The predicted octanol–water partition coefficient (Wildman–Crippen LogP) is 4.70. The summed E-state index contributed by atoms with van der Waals surface area (Å²) >= 11 is 0. The number of benzene rings is 2. The fraction of sp³-hybridized carbons (Fsp3) is 0.444. The van der Waals surface area contributed by atoms with Gasteiger partial charge in [-0.1, -0.05) is 68.8 Å². The third kappa shape index (κ3) is 5.95. The quantitative estimate of drug-likeness (QED) is 0.445. The topological polar surface area (TPSA) is 105 Å². The van der Waals surface area contributed by atoms with E-state index in [0.29, 0.717) is 25.8 Å². The molecule has 0 bridgehead atoms. The van der Waals surface area contributed by atoms with Crippen molar-refractivity contribution in [2.75, 3.05) is 13.2 Å². The van der Waals surface area contributed by atoms with Gasteiger partial charge in [0.15, 0.2) is 0 Å². The van der Waals surface area contributed by atoms with Crippen molar-refractivity contribution in [3.05, 3.63) is 59.7 Å². The van der Waals surface area contributed by atoms with Crippen molar-refractivity contribution in [2.24, 2.45) is 5.92 Å². The van der Waals surface area contributed by atoms with Gasteiger partial charge in [-0.15, -0.1) is 0 Å². The Morgan fingerprint density at radius 1 is 1.06 bits per heavy atom. The van der Waals surface area contributed by atoms with Crippen molar-refractivity contribution in [2.45, 2.75) is 57.9 Å². The number of ether oxygens (including phenoxy) is 1. The third-order valence-electron chi connectivity index (χ3n) is 6.42. The van der Waals surface area contributed by atoms with Crippen LogP contribution in [0.2, 0.25) is 0 Å². The van der Waals surface area contributed by atoms with E-state index in [4.69, 9.17) is 4.74 Å².